The van der Waals surface area contributed by atoms with Gasteiger partial charge in [-0.3, -0.25) is 4.79 Å². The van der Waals surface area contributed by atoms with Crippen molar-refractivity contribution in [2.24, 2.45) is 5.73 Å². The lowest BCUT2D eigenvalue weighted by Gasteiger charge is -2.15. The number of carbonyl (C=O) groups excluding carboxylic acids is 1. The lowest BCUT2D eigenvalue weighted by Crippen LogP contribution is -2.26. The molecule has 6 aromatic rings. The number of hydrogen-bond acceptors (Lipinski definition) is 2. The number of carbonyl (C=O) groups is 1. The topological polar surface area (TPSA) is 75.8 Å². The summed E-state index contributed by atoms with van der Waals surface area (Å²) >= 11 is 0. The van der Waals surface area contributed by atoms with E-state index in [2.05, 4.69) is 83.3 Å². The highest BCUT2D eigenvalue weighted by Crippen LogP contribution is 2.31. The van der Waals surface area contributed by atoms with E-state index < -0.39 is 0 Å². The van der Waals surface area contributed by atoms with E-state index in [1.165, 1.54) is 27.4 Å². The summed E-state index contributed by atoms with van der Waals surface area (Å²) in [4.78, 5) is 15.6. The minimum absolute atomic E-state index is 0.310. The number of primary amides is 1. The quantitative estimate of drug-likeness (QED) is 0.224. The molecule has 0 saturated carbocycles. The number of benzene rings is 4. The van der Waals surface area contributed by atoms with Gasteiger partial charge in [0.15, 0.2) is 0 Å². The second-order valence-electron chi connectivity index (χ2n) is 10.0. The number of hydrogen-bond donors (Lipinski definition) is 3. The summed E-state index contributed by atoms with van der Waals surface area (Å²) in [5, 5.41) is 8.51. The number of fused-ring (bicyclic) bond motifs is 6. The monoisotopic (exact) mass is 488 g/mol. The number of nitrogens with zero attached hydrogens (tertiary/aromatic N) is 1. The molecule has 37 heavy (non-hydrogen) atoms. The molecule has 2 heterocycles. The van der Waals surface area contributed by atoms with E-state index in [-0.39, 0.29) is 5.91 Å². The number of nitrogens with one attached hydrogen (secondary N) is 2. The summed E-state index contributed by atoms with van der Waals surface area (Å²) in [6.07, 6.45) is 1.80. The number of aromatic amines is 1. The van der Waals surface area contributed by atoms with Gasteiger partial charge in [-0.15, -0.1) is 0 Å². The highest BCUT2D eigenvalue weighted by atomic mass is 16.1. The Kier molecular flexibility index (Phi) is 5.93. The Bertz CT molecular complexity index is 1770. The number of para-hydroxylation sites is 2. The molecule has 0 aliphatic carbocycles. The molecule has 1 unspecified atom stereocenters. The zero-order valence-electron chi connectivity index (χ0n) is 21.3. The Morgan fingerprint density at radius 2 is 1.68 bits per heavy atom. The normalized spacial score (nSPS) is 12.7. The lowest BCUT2D eigenvalue weighted by molar-refractivity contribution is 0.100. The van der Waals surface area contributed by atoms with Crippen molar-refractivity contribution in [1.29, 1.82) is 0 Å². The molecule has 5 heteroatoms. The molecule has 0 bridgehead atoms. The summed E-state index contributed by atoms with van der Waals surface area (Å²) in [5.41, 5.74) is 13.4. The van der Waals surface area contributed by atoms with Gasteiger partial charge >= 0.3 is 0 Å². The van der Waals surface area contributed by atoms with Crippen LogP contribution >= 0.6 is 0 Å². The van der Waals surface area contributed by atoms with Gasteiger partial charge in [-0.1, -0.05) is 42.5 Å². The van der Waals surface area contributed by atoms with Crippen molar-refractivity contribution >= 4 is 49.5 Å². The lowest BCUT2D eigenvalue weighted by atomic mass is 9.99. The second kappa shape index (κ2) is 9.41. The van der Waals surface area contributed by atoms with E-state index in [1.807, 2.05) is 24.3 Å². The van der Waals surface area contributed by atoms with E-state index in [0.717, 1.165) is 53.3 Å². The predicted molar refractivity (Wildman–Crippen MR) is 154 cm³/mol. The first kappa shape index (κ1) is 23.3. The Morgan fingerprint density at radius 1 is 0.919 bits per heavy atom. The van der Waals surface area contributed by atoms with E-state index in [9.17, 15) is 4.79 Å². The SMILES string of the molecule is CCn1c2ccccc2c2cc(CNC(C)CCc3cc(C(N)=O)cc4c3[nH]c3ccccc34)ccc21. The first-order valence-electron chi connectivity index (χ1n) is 13.1. The number of rotatable bonds is 8. The largest absolute Gasteiger partial charge is 0.366 e. The molecule has 1 amide bonds. The van der Waals surface area contributed by atoms with Gasteiger partial charge in [0.05, 0.1) is 0 Å². The molecule has 4 N–H and O–H groups in total. The molecular formula is C32H32N4O. The molecule has 5 nitrogen and oxygen atoms in total. The van der Waals surface area contributed by atoms with Crippen LogP contribution < -0.4 is 11.1 Å². The van der Waals surface area contributed by atoms with Crippen LogP contribution in [0.15, 0.2) is 78.9 Å². The number of nitrogens with two attached hydrogens (primary N) is 1. The highest BCUT2D eigenvalue weighted by Gasteiger charge is 2.14. The van der Waals surface area contributed by atoms with Crippen LogP contribution in [0.25, 0.3) is 43.6 Å². The summed E-state index contributed by atoms with van der Waals surface area (Å²) in [6.45, 7) is 6.19. The fourth-order valence-electron chi connectivity index (χ4n) is 5.68. The average molecular weight is 489 g/mol. The van der Waals surface area contributed by atoms with Crippen LogP contribution in [-0.2, 0) is 19.5 Å². The van der Waals surface area contributed by atoms with Gasteiger partial charge in [-0.05, 0) is 74.2 Å². The Morgan fingerprint density at radius 3 is 2.49 bits per heavy atom. The van der Waals surface area contributed by atoms with Crippen LogP contribution in [0.3, 0.4) is 0 Å². The van der Waals surface area contributed by atoms with Gasteiger partial charge in [0.2, 0.25) is 5.91 Å². The summed E-state index contributed by atoms with van der Waals surface area (Å²) in [5.74, 6) is -0.389. The molecule has 186 valence electrons. The summed E-state index contributed by atoms with van der Waals surface area (Å²) in [7, 11) is 0. The smallest absolute Gasteiger partial charge is 0.248 e. The van der Waals surface area contributed by atoms with Gasteiger partial charge < -0.3 is 20.6 Å². The van der Waals surface area contributed by atoms with Crippen LogP contribution in [0.4, 0.5) is 0 Å². The van der Waals surface area contributed by atoms with Crippen molar-refractivity contribution in [2.45, 2.75) is 45.8 Å². The first-order valence-corrected chi connectivity index (χ1v) is 13.1. The molecule has 0 spiro atoms. The molecular weight excluding hydrogens is 456 g/mol. The van der Waals surface area contributed by atoms with E-state index >= 15 is 0 Å². The first-order chi connectivity index (χ1) is 18.0. The summed E-state index contributed by atoms with van der Waals surface area (Å²) < 4.78 is 2.38. The molecule has 0 aliphatic heterocycles. The minimum Gasteiger partial charge on any atom is -0.366 e. The van der Waals surface area contributed by atoms with Crippen molar-refractivity contribution in [2.75, 3.05) is 0 Å². The van der Waals surface area contributed by atoms with Crippen molar-refractivity contribution in [1.82, 2.24) is 14.9 Å². The number of amides is 1. The molecule has 0 fully saturated rings. The van der Waals surface area contributed by atoms with Gasteiger partial charge in [-0.2, -0.15) is 0 Å². The second-order valence-corrected chi connectivity index (χ2v) is 10.0. The van der Waals surface area contributed by atoms with E-state index in [0.29, 0.717) is 11.6 Å². The molecule has 0 radical (unpaired) electrons. The average Bonchev–Trinajstić information content (AvgIpc) is 3.45. The van der Waals surface area contributed by atoms with Crippen LogP contribution in [0.1, 0.15) is 41.8 Å². The molecule has 2 aromatic heterocycles. The van der Waals surface area contributed by atoms with Crippen molar-refractivity contribution in [3.05, 3.63) is 95.6 Å². The maximum atomic E-state index is 12.0. The van der Waals surface area contributed by atoms with Gasteiger partial charge in [0.1, 0.15) is 0 Å². The summed E-state index contributed by atoms with van der Waals surface area (Å²) in [6, 6.07) is 27.8. The maximum absolute atomic E-state index is 12.0. The third-order valence-electron chi connectivity index (χ3n) is 7.64. The molecule has 0 saturated heterocycles. The van der Waals surface area contributed by atoms with Crippen LogP contribution in [-0.4, -0.2) is 21.5 Å². The number of H-pyrrole nitrogens is 1. The van der Waals surface area contributed by atoms with Crippen LogP contribution in [0.5, 0.6) is 0 Å². The highest BCUT2D eigenvalue weighted by molar-refractivity contribution is 6.11. The van der Waals surface area contributed by atoms with Crippen molar-refractivity contribution in [3.63, 3.8) is 0 Å². The number of aryl methyl sites for hydroxylation is 2. The molecule has 0 aliphatic rings. The fourth-order valence-corrected chi connectivity index (χ4v) is 5.68. The van der Waals surface area contributed by atoms with Crippen molar-refractivity contribution in [3.8, 4) is 0 Å². The Labute approximate surface area is 216 Å². The standard InChI is InChI=1S/C32H32N4O/c1-3-36-29-11-7-5-9-25(29)26-16-21(13-15-30(26)36)19-34-20(2)12-14-22-17-23(32(33)37)18-27-24-8-4-6-10-28(24)35-31(22)27/h4-11,13,15-18,20,34-35H,3,12,14,19H2,1-2H3,(H2,33,37). The van der Waals surface area contributed by atoms with Crippen molar-refractivity contribution < 1.29 is 4.79 Å². The third-order valence-corrected chi connectivity index (χ3v) is 7.64. The molecule has 1 atom stereocenters. The minimum atomic E-state index is -0.389. The van der Waals surface area contributed by atoms with Gasteiger partial charge in [-0.25, -0.2) is 0 Å². The fraction of sp³-hybridized carbons (Fsp3) is 0.219. The third kappa shape index (κ3) is 4.15. The zero-order chi connectivity index (χ0) is 25.5. The Hall–Kier alpha value is -4.09. The maximum Gasteiger partial charge on any atom is 0.248 e. The van der Waals surface area contributed by atoms with Gasteiger partial charge in [0, 0.05) is 68.3 Å². The van der Waals surface area contributed by atoms with E-state index in [1.54, 1.807) is 0 Å². The molecule has 4 aromatic carbocycles. The Balaban J connectivity index is 1.21. The van der Waals surface area contributed by atoms with Crippen LogP contribution in [0, 0.1) is 0 Å². The number of aromatic nitrogens is 2. The van der Waals surface area contributed by atoms with E-state index in [4.69, 9.17) is 5.73 Å². The molecule has 6 rings (SSSR count). The zero-order valence-corrected chi connectivity index (χ0v) is 21.3. The predicted octanol–water partition coefficient (Wildman–Crippen LogP) is 6.66. The van der Waals surface area contributed by atoms with Crippen LogP contribution in [0.2, 0.25) is 0 Å². The van der Waals surface area contributed by atoms with Gasteiger partial charge in [0.25, 0.3) is 0 Å².